The average Bonchev–Trinajstić information content (AvgIpc) is 3.03. The summed E-state index contributed by atoms with van der Waals surface area (Å²) in [5, 5.41) is 2.37. The van der Waals surface area contributed by atoms with E-state index in [0.717, 1.165) is 42.4 Å². The molecule has 1 saturated heterocycles. The summed E-state index contributed by atoms with van der Waals surface area (Å²) in [5.74, 6) is -0.660. The van der Waals surface area contributed by atoms with Gasteiger partial charge in [0.2, 0.25) is 11.8 Å². The van der Waals surface area contributed by atoms with E-state index >= 15 is 0 Å². The SMILES string of the molecule is Cl.Cn1c(=O)n(C2CCC(=O)NC2=O)c2cccc(CCCCCCCCCCCCN)c21. The van der Waals surface area contributed by atoms with E-state index in [1.165, 1.54) is 51.4 Å². The van der Waals surface area contributed by atoms with Gasteiger partial charge in [-0.15, -0.1) is 12.4 Å². The molecule has 8 heteroatoms. The van der Waals surface area contributed by atoms with Gasteiger partial charge in [-0.25, -0.2) is 4.79 Å². The molecule has 1 aromatic heterocycles. The smallest absolute Gasteiger partial charge is 0.329 e. The minimum Gasteiger partial charge on any atom is -0.330 e. The fourth-order valence-corrected chi connectivity index (χ4v) is 4.83. The minimum atomic E-state index is -0.630. The zero-order chi connectivity index (χ0) is 22.9. The van der Waals surface area contributed by atoms with Gasteiger partial charge in [0.25, 0.3) is 0 Å². The second-order valence-electron chi connectivity index (χ2n) is 9.04. The summed E-state index contributed by atoms with van der Waals surface area (Å²) in [5.41, 5.74) is 8.15. The Morgan fingerprint density at radius 2 is 1.55 bits per heavy atom. The highest BCUT2D eigenvalue weighted by molar-refractivity contribution is 6.00. The van der Waals surface area contributed by atoms with Crippen LogP contribution in [0.4, 0.5) is 0 Å². The third-order valence-electron chi connectivity index (χ3n) is 6.61. The Balaban J connectivity index is 0.00000385. The van der Waals surface area contributed by atoms with Gasteiger partial charge in [0.1, 0.15) is 6.04 Å². The first-order chi connectivity index (χ1) is 15.5. The Hall–Kier alpha value is -2.12. The zero-order valence-electron chi connectivity index (χ0n) is 19.8. The number of unbranched alkanes of at least 4 members (excludes halogenated alkanes) is 9. The predicted octanol–water partition coefficient (Wildman–Crippen LogP) is 4.14. The number of amides is 2. The monoisotopic (exact) mass is 478 g/mol. The molecule has 0 radical (unpaired) electrons. The summed E-state index contributed by atoms with van der Waals surface area (Å²) in [6.07, 6.45) is 14.0. The largest absolute Gasteiger partial charge is 0.330 e. The standard InChI is InChI=1S/C25H38N4O3.ClH/c1-28-23-19(13-10-8-6-4-2-3-5-7-9-11-18-26)14-12-15-20(23)29(25(28)32)21-16-17-22(30)27-24(21)31;/h12,14-15,21H,2-11,13,16-18,26H2,1H3,(H,27,30,31);1H. The second-order valence-corrected chi connectivity index (χ2v) is 9.04. The number of fused-ring (bicyclic) bond motifs is 1. The molecule has 1 aliphatic heterocycles. The molecule has 0 saturated carbocycles. The third-order valence-corrected chi connectivity index (χ3v) is 6.61. The normalized spacial score (nSPS) is 16.1. The number of piperidine rings is 1. The summed E-state index contributed by atoms with van der Waals surface area (Å²) in [7, 11) is 1.77. The lowest BCUT2D eigenvalue weighted by molar-refractivity contribution is -0.135. The Kier molecular flexibility index (Phi) is 11.1. The van der Waals surface area contributed by atoms with Crippen LogP contribution in [0.5, 0.6) is 0 Å². The molecule has 1 atom stereocenters. The van der Waals surface area contributed by atoms with Crippen LogP contribution in [0.25, 0.3) is 11.0 Å². The van der Waals surface area contributed by atoms with E-state index in [1.807, 2.05) is 12.1 Å². The van der Waals surface area contributed by atoms with Crippen molar-refractivity contribution in [1.82, 2.24) is 14.5 Å². The van der Waals surface area contributed by atoms with Crippen molar-refractivity contribution in [3.8, 4) is 0 Å². The molecule has 7 nitrogen and oxygen atoms in total. The van der Waals surface area contributed by atoms with Crippen LogP contribution < -0.4 is 16.7 Å². The number of nitrogens with zero attached hydrogens (tertiary/aromatic N) is 2. The van der Waals surface area contributed by atoms with Crippen molar-refractivity contribution >= 4 is 35.3 Å². The summed E-state index contributed by atoms with van der Waals surface area (Å²) in [6, 6.07) is 5.31. The van der Waals surface area contributed by atoms with Crippen LogP contribution in [0, 0.1) is 0 Å². The number of carbonyl (C=O) groups is 2. The summed E-state index contributed by atoms with van der Waals surface area (Å²) < 4.78 is 3.22. The lowest BCUT2D eigenvalue weighted by Gasteiger charge is -2.21. The van der Waals surface area contributed by atoms with E-state index in [4.69, 9.17) is 5.73 Å². The molecule has 1 fully saturated rings. The number of para-hydroxylation sites is 1. The van der Waals surface area contributed by atoms with Crippen LogP contribution in [0.15, 0.2) is 23.0 Å². The first kappa shape index (κ1) is 27.1. The van der Waals surface area contributed by atoms with Gasteiger partial charge in [0.05, 0.1) is 11.0 Å². The molecule has 2 aromatic rings. The van der Waals surface area contributed by atoms with Crippen LogP contribution >= 0.6 is 12.4 Å². The number of nitrogens with two attached hydrogens (primary N) is 1. The van der Waals surface area contributed by atoms with Gasteiger partial charge in [0.15, 0.2) is 0 Å². The maximum absolute atomic E-state index is 13.0. The highest BCUT2D eigenvalue weighted by Gasteiger charge is 2.31. The zero-order valence-corrected chi connectivity index (χ0v) is 20.6. The molecule has 2 heterocycles. The molecule has 0 spiro atoms. The lowest BCUT2D eigenvalue weighted by atomic mass is 10.0. The molecule has 3 N–H and O–H groups in total. The Bertz CT molecular complexity index is 982. The number of imide groups is 1. The molecule has 1 aliphatic rings. The van der Waals surface area contributed by atoms with E-state index in [1.54, 1.807) is 16.2 Å². The average molecular weight is 479 g/mol. The predicted molar refractivity (Wildman–Crippen MR) is 135 cm³/mol. The van der Waals surface area contributed by atoms with Gasteiger partial charge in [0, 0.05) is 13.5 Å². The van der Waals surface area contributed by atoms with Crippen molar-refractivity contribution in [2.24, 2.45) is 12.8 Å². The highest BCUT2D eigenvalue weighted by atomic mass is 35.5. The van der Waals surface area contributed by atoms with Gasteiger partial charge < -0.3 is 5.73 Å². The molecular formula is C25H39ClN4O3. The Morgan fingerprint density at radius 3 is 2.15 bits per heavy atom. The van der Waals surface area contributed by atoms with Gasteiger partial charge in [-0.3, -0.25) is 24.0 Å². The van der Waals surface area contributed by atoms with Crippen LogP contribution in [0.1, 0.15) is 88.7 Å². The quantitative estimate of drug-likeness (QED) is 0.334. The second kappa shape index (κ2) is 13.6. The molecule has 0 aliphatic carbocycles. The lowest BCUT2D eigenvalue weighted by Crippen LogP contribution is -2.44. The Labute approximate surface area is 202 Å². The van der Waals surface area contributed by atoms with Crippen molar-refractivity contribution in [2.75, 3.05) is 6.54 Å². The number of imidazole rings is 1. The van der Waals surface area contributed by atoms with E-state index in [-0.39, 0.29) is 36.3 Å². The van der Waals surface area contributed by atoms with E-state index in [2.05, 4.69) is 11.4 Å². The van der Waals surface area contributed by atoms with E-state index in [9.17, 15) is 14.4 Å². The number of carbonyl (C=O) groups excluding carboxylic acids is 2. The molecule has 33 heavy (non-hydrogen) atoms. The minimum absolute atomic E-state index is 0. The maximum atomic E-state index is 13.0. The third kappa shape index (κ3) is 6.93. The van der Waals surface area contributed by atoms with Gasteiger partial charge in [-0.05, 0) is 43.9 Å². The van der Waals surface area contributed by atoms with E-state index < -0.39 is 6.04 Å². The number of hydrogen-bond donors (Lipinski definition) is 2. The fraction of sp³-hybridized carbons (Fsp3) is 0.640. The molecule has 0 bridgehead atoms. The van der Waals surface area contributed by atoms with Crippen LogP contribution in [-0.2, 0) is 23.1 Å². The maximum Gasteiger partial charge on any atom is 0.329 e. The summed E-state index contributed by atoms with van der Waals surface area (Å²) >= 11 is 0. The summed E-state index contributed by atoms with van der Waals surface area (Å²) in [4.78, 5) is 36.9. The first-order valence-electron chi connectivity index (χ1n) is 12.3. The summed E-state index contributed by atoms with van der Waals surface area (Å²) in [6.45, 7) is 0.809. The number of nitrogens with one attached hydrogen (secondary N) is 1. The highest BCUT2D eigenvalue weighted by Crippen LogP contribution is 2.26. The molecular weight excluding hydrogens is 440 g/mol. The number of rotatable bonds is 13. The van der Waals surface area contributed by atoms with Crippen molar-refractivity contribution in [1.29, 1.82) is 0 Å². The van der Waals surface area contributed by atoms with Gasteiger partial charge >= 0.3 is 5.69 Å². The van der Waals surface area contributed by atoms with Gasteiger partial charge in [-0.1, -0.05) is 63.5 Å². The van der Waals surface area contributed by atoms with E-state index in [0.29, 0.717) is 6.42 Å². The Morgan fingerprint density at radius 1 is 0.939 bits per heavy atom. The van der Waals surface area contributed by atoms with Crippen molar-refractivity contribution in [3.05, 3.63) is 34.2 Å². The molecule has 184 valence electrons. The first-order valence-corrected chi connectivity index (χ1v) is 12.3. The van der Waals surface area contributed by atoms with Crippen molar-refractivity contribution in [2.45, 2.75) is 89.5 Å². The fourth-order valence-electron chi connectivity index (χ4n) is 4.83. The number of benzene rings is 1. The van der Waals surface area contributed by atoms with Crippen molar-refractivity contribution < 1.29 is 9.59 Å². The van der Waals surface area contributed by atoms with Crippen LogP contribution in [0.3, 0.4) is 0 Å². The molecule has 1 unspecified atom stereocenters. The van der Waals surface area contributed by atoms with Crippen LogP contribution in [0.2, 0.25) is 0 Å². The number of hydrogen-bond acceptors (Lipinski definition) is 4. The van der Waals surface area contributed by atoms with Crippen molar-refractivity contribution in [3.63, 3.8) is 0 Å². The van der Waals surface area contributed by atoms with Gasteiger partial charge in [-0.2, -0.15) is 0 Å². The molecule has 3 rings (SSSR count). The molecule has 1 aromatic carbocycles. The number of halogens is 1. The molecule has 2 amide bonds. The topological polar surface area (TPSA) is 99.1 Å². The number of aryl methyl sites for hydroxylation is 2. The van der Waals surface area contributed by atoms with Crippen LogP contribution in [-0.4, -0.2) is 27.5 Å². The number of aromatic nitrogens is 2.